The molecule has 0 bridgehead atoms. The van der Waals surface area contributed by atoms with E-state index in [0.29, 0.717) is 0 Å². The van der Waals surface area contributed by atoms with Gasteiger partial charge in [0, 0.05) is 14.3 Å². The van der Waals surface area contributed by atoms with E-state index in [4.69, 9.17) is 5.11 Å². The van der Waals surface area contributed by atoms with Gasteiger partial charge in [0.1, 0.15) is 0 Å². The van der Waals surface area contributed by atoms with Crippen LogP contribution in [0.1, 0.15) is 18.1 Å². The molecule has 2 nitrogen and oxygen atoms in total. The molecule has 104 valence electrons. The molecule has 2 aromatic carbocycles. The van der Waals surface area contributed by atoms with Gasteiger partial charge in [-0.15, -0.1) is 0 Å². The molecule has 0 aliphatic heterocycles. The minimum atomic E-state index is -0.800. The number of aryl methyl sites for hydroxylation is 1. The van der Waals surface area contributed by atoms with Gasteiger partial charge >= 0.3 is 5.97 Å². The first-order chi connectivity index (χ1) is 9.58. The van der Waals surface area contributed by atoms with Gasteiger partial charge in [-0.3, -0.25) is 4.79 Å². The van der Waals surface area contributed by atoms with Crippen molar-refractivity contribution in [1.29, 1.82) is 0 Å². The SMILES string of the molecule is CCc1cc(Sc2ccc(CC(=O)O)cc2)ccc1Br. The smallest absolute Gasteiger partial charge is 0.307 e. The number of carboxylic acids is 1. The molecule has 0 atom stereocenters. The van der Waals surface area contributed by atoms with Crippen molar-refractivity contribution in [1.82, 2.24) is 0 Å². The summed E-state index contributed by atoms with van der Waals surface area (Å²) in [6.45, 7) is 2.13. The maximum atomic E-state index is 10.6. The summed E-state index contributed by atoms with van der Waals surface area (Å²) in [5.41, 5.74) is 2.12. The number of rotatable bonds is 5. The van der Waals surface area contributed by atoms with E-state index in [-0.39, 0.29) is 6.42 Å². The van der Waals surface area contributed by atoms with Crippen LogP contribution in [0, 0.1) is 0 Å². The van der Waals surface area contributed by atoms with E-state index in [0.717, 1.165) is 21.4 Å². The van der Waals surface area contributed by atoms with Crippen molar-refractivity contribution in [3.63, 3.8) is 0 Å². The van der Waals surface area contributed by atoms with Gasteiger partial charge in [-0.05, 0) is 47.9 Å². The summed E-state index contributed by atoms with van der Waals surface area (Å²) >= 11 is 5.23. The second kappa shape index (κ2) is 6.95. The lowest BCUT2D eigenvalue weighted by Gasteiger charge is -2.06. The molecule has 4 heteroatoms. The van der Waals surface area contributed by atoms with Crippen LogP contribution in [0.25, 0.3) is 0 Å². The first-order valence-corrected chi connectivity index (χ1v) is 7.96. The first kappa shape index (κ1) is 15.1. The van der Waals surface area contributed by atoms with E-state index in [9.17, 15) is 4.79 Å². The highest BCUT2D eigenvalue weighted by Crippen LogP contribution is 2.31. The molecule has 0 aromatic heterocycles. The maximum absolute atomic E-state index is 10.6. The predicted octanol–water partition coefficient (Wildman–Crippen LogP) is 4.79. The molecular formula is C16H15BrO2S. The Labute approximate surface area is 131 Å². The van der Waals surface area contributed by atoms with Crippen molar-refractivity contribution in [2.45, 2.75) is 29.6 Å². The molecule has 0 unspecified atom stereocenters. The van der Waals surface area contributed by atoms with E-state index >= 15 is 0 Å². The molecule has 0 radical (unpaired) electrons. The van der Waals surface area contributed by atoms with Gasteiger partial charge in [-0.2, -0.15) is 0 Å². The zero-order valence-corrected chi connectivity index (χ0v) is 13.5. The fraction of sp³-hybridized carbons (Fsp3) is 0.188. The van der Waals surface area contributed by atoms with Crippen molar-refractivity contribution in [3.8, 4) is 0 Å². The molecule has 0 aliphatic rings. The van der Waals surface area contributed by atoms with Crippen LogP contribution < -0.4 is 0 Å². The van der Waals surface area contributed by atoms with E-state index in [1.807, 2.05) is 24.3 Å². The third kappa shape index (κ3) is 4.12. The lowest BCUT2D eigenvalue weighted by atomic mass is 10.2. The number of hydrogen-bond acceptors (Lipinski definition) is 2. The quantitative estimate of drug-likeness (QED) is 0.842. The van der Waals surface area contributed by atoms with Crippen LogP contribution >= 0.6 is 27.7 Å². The number of carbonyl (C=O) groups is 1. The molecule has 20 heavy (non-hydrogen) atoms. The van der Waals surface area contributed by atoms with Gasteiger partial charge in [-0.25, -0.2) is 0 Å². The van der Waals surface area contributed by atoms with Crippen molar-refractivity contribution in [2.75, 3.05) is 0 Å². The van der Waals surface area contributed by atoms with Crippen LogP contribution in [0.5, 0.6) is 0 Å². The normalized spacial score (nSPS) is 10.5. The van der Waals surface area contributed by atoms with Gasteiger partial charge < -0.3 is 5.11 Å². The molecule has 0 saturated carbocycles. The zero-order chi connectivity index (χ0) is 14.5. The monoisotopic (exact) mass is 350 g/mol. The molecule has 2 rings (SSSR count). The van der Waals surface area contributed by atoms with Gasteiger partial charge in [0.25, 0.3) is 0 Å². The Kier molecular flexibility index (Phi) is 5.26. The Bertz CT molecular complexity index is 608. The highest BCUT2D eigenvalue weighted by atomic mass is 79.9. The lowest BCUT2D eigenvalue weighted by Crippen LogP contribution is -1.99. The summed E-state index contributed by atoms with van der Waals surface area (Å²) in [5.74, 6) is -0.800. The third-order valence-electron chi connectivity index (χ3n) is 2.91. The van der Waals surface area contributed by atoms with Crippen molar-refractivity contribution in [3.05, 3.63) is 58.1 Å². The number of aliphatic carboxylic acids is 1. The average Bonchev–Trinajstić information content (AvgIpc) is 2.42. The minimum Gasteiger partial charge on any atom is -0.481 e. The molecule has 2 aromatic rings. The zero-order valence-electron chi connectivity index (χ0n) is 11.1. The molecule has 0 saturated heterocycles. The molecule has 0 aliphatic carbocycles. The summed E-state index contributed by atoms with van der Waals surface area (Å²) in [6, 6.07) is 14.0. The Hall–Kier alpha value is -1.26. The van der Waals surface area contributed by atoms with Crippen molar-refractivity contribution >= 4 is 33.7 Å². The van der Waals surface area contributed by atoms with Crippen LogP contribution in [0.4, 0.5) is 0 Å². The van der Waals surface area contributed by atoms with Crippen LogP contribution in [0.2, 0.25) is 0 Å². The van der Waals surface area contributed by atoms with Gasteiger partial charge in [0.2, 0.25) is 0 Å². The van der Waals surface area contributed by atoms with Crippen molar-refractivity contribution in [2.24, 2.45) is 0 Å². The molecular weight excluding hydrogens is 336 g/mol. The number of carboxylic acid groups (broad SMARTS) is 1. The molecule has 1 N–H and O–H groups in total. The van der Waals surface area contributed by atoms with E-state index in [1.165, 1.54) is 10.5 Å². The Morgan fingerprint density at radius 3 is 2.40 bits per heavy atom. The maximum Gasteiger partial charge on any atom is 0.307 e. The molecule has 0 spiro atoms. The van der Waals surface area contributed by atoms with Crippen molar-refractivity contribution < 1.29 is 9.90 Å². The Morgan fingerprint density at radius 2 is 1.80 bits per heavy atom. The Morgan fingerprint density at radius 1 is 1.15 bits per heavy atom. The number of benzene rings is 2. The van der Waals surface area contributed by atoms with Gasteiger partial charge in [0.15, 0.2) is 0 Å². The first-order valence-electron chi connectivity index (χ1n) is 6.35. The Balaban J connectivity index is 2.11. The number of hydrogen-bond donors (Lipinski definition) is 1. The summed E-state index contributed by atoms with van der Waals surface area (Å²) in [6.07, 6.45) is 1.07. The second-order valence-corrected chi connectivity index (χ2v) is 6.42. The van der Waals surface area contributed by atoms with Gasteiger partial charge in [-0.1, -0.05) is 46.7 Å². The highest BCUT2D eigenvalue weighted by molar-refractivity contribution is 9.10. The predicted molar refractivity (Wildman–Crippen MR) is 85.4 cm³/mol. The molecule has 0 fully saturated rings. The fourth-order valence-corrected chi connectivity index (χ4v) is 3.28. The standard InChI is InChI=1S/C16H15BrO2S/c1-2-12-10-14(7-8-15(12)17)20-13-5-3-11(4-6-13)9-16(18)19/h3-8,10H,2,9H2,1H3,(H,18,19). The van der Waals surface area contributed by atoms with Gasteiger partial charge in [0.05, 0.1) is 6.42 Å². The average molecular weight is 351 g/mol. The summed E-state index contributed by atoms with van der Waals surface area (Å²) in [4.78, 5) is 12.9. The van der Waals surface area contributed by atoms with Crippen LogP contribution in [0.15, 0.2) is 56.7 Å². The topological polar surface area (TPSA) is 37.3 Å². The molecule has 0 heterocycles. The summed E-state index contributed by atoms with van der Waals surface area (Å²) < 4.78 is 1.14. The second-order valence-electron chi connectivity index (χ2n) is 4.42. The number of halogens is 1. The van der Waals surface area contributed by atoms with E-state index in [2.05, 4.69) is 41.1 Å². The van der Waals surface area contributed by atoms with E-state index < -0.39 is 5.97 Å². The summed E-state index contributed by atoms with van der Waals surface area (Å²) in [5, 5.41) is 8.75. The lowest BCUT2D eigenvalue weighted by molar-refractivity contribution is -0.136. The largest absolute Gasteiger partial charge is 0.481 e. The fourth-order valence-electron chi connectivity index (χ4n) is 1.87. The van der Waals surface area contributed by atoms with E-state index in [1.54, 1.807) is 11.8 Å². The third-order valence-corrected chi connectivity index (χ3v) is 4.68. The van der Waals surface area contributed by atoms with Crippen LogP contribution in [0.3, 0.4) is 0 Å². The van der Waals surface area contributed by atoms with Crippen LogP contribution in [-0.2, 0) is 17.6 Å². The molecule has 0 amide bonds. The minimum absolute atomic E-state index is 0.0726. The summed E-state index contributed by atoms with van der Waals surface area (Å²) in [7, 11) is 0. The highest BCUT2D eigenvalue weighted by Gasteiger charge is 2.04. The van der Waals surface area contributed by atoms with Crippen LogP contribution in [-0.4, -0.2) is 11.1 Å².